The topological polar surface area (TPSA) is 191 Å². The molecule has 4 aliphatic heterocycles. The summed E-state index contributed by atoms with van der Waals surface area (Å²) >= 11 is 0. The first-order valence-corrected chi connectivity index (χ1v) is 24.3. The molecule has 6 heterocycles. The number of nitro benzene ring substituents is 1. The molecular weight excluding hydrogens is 867 g/mol. The van der Waals surface area contributed by atoms with Crippen molar-refractivity contribution in [3.8, 4) is 23.0 Å². The maximum atomic E-state index is 14.1. The standard InChI is InChI=1S/C48H55N7O10S/c1-31(2)38-5-3-4-6-39(38)42-30-62-20-17-54(42)34-25-48(26-34)10-13-53(14-11-48)33-7-8-40(43(22-33)64-35-21-32-9-12-49-46(32)50-27-35)47(56)51-66(59,60)37-23-41(55(57)58)45-44(24-37)63-29-36(65-45)28-52-15-18-61-19-16-52/h3-9,12,21-24,27,31,34,36,42H,10-11,13-20,25-26,28-30H2,1-2H3,(H,49,50)(H,51,56)/t36-,42-/m0/s1. The molecular formula is C48H55N7O10S. The Morgan fingerprint density at radius 1 is 0.985 bits per heavy atom. The van der Waals surface area contributed by atoms with Gasteiger partial charge in [-0.3, -0.25) is 24.7 Å². The van der Waals surface area contributed by atoms with E-state index in [0.717, 1.165) is 75.1 Å². The van der Waals surface area contributed by atoms with E-state index < -0.39 is 37.5 Å². The van der Waals surface area contributed by atoms with Crippen molar-refractivity contribution in [1.82, 2.24) is 24.5 Å². The van der Waals surface area contributed by atoms with Crippen LogP contribution in [0.15, 0.2) is 84.0 Å². The third kappa shape index (κ3) is 8.91. The zero-order valence-electron chi connectivity index (χ0n) is 37.1. The Labute approximate surface area is 383 Å². The molecule has 17 nitrogen and oxygen atoms in total. The number of ether oxygens (including phenoxy) is 5. The number of pyridine rings is 1. The molecule has 4 fully saturated rings. The molecule has 5 aliphatic rings. The van der Waals surface area contributed by atoms with Gasteiger partial charge in [-0.1, -0.05) is 38.1 Å². The lowest BCUT2D eigenvalue weighted by Crippen LogP contribution is -2.58. The predicted octanol–water partition coefficient (Wildman–Crippen LogP) is 6.80. The predicted molar refractivity (Wildman–Crippen MR) is 245 cm³/mol. The molecule has 348 valence electrons. The molecule has 18 heteroatoms. The summed E-state index contributed by atoms with van der Waals surface area (Å²) in [5.74, 6) is -0.341. The highest BCUT2D eigenvalue weighted by Crippen LogP contribution is 2.53. The molecule has 2 aromatic heterocycles. The van der Waals surface area contributed by atoms with Crippen molar-refractivity contribution in [2.24, 2.45) is 5.41 Å². The summed E-state index contributed by atoms with van der Waals surface area (Å²) in [7, 11) is -4.68. The highest BCUT2D eigenvalue weighted by atomic mass is 32.2. The molecule has 1 saturated carbocycles. The van der Waals surface area contributed by atoms with E-state index >= 15 is 0 Å². The summed E-state index contributed by atoms with van der Waals surface area (Å²) in [6, 6.07) is 20.3. The van der Waals surface area contributed by atoms with Crippen molar-refractivity contribution >= 4 is 38.3 Å². The molecule has 0 radical (unpaired) electrons. The van der Waals surface area contributed by atoms with Crippen LogP contribution in [0.2, 0.25) is 0 Å². The van der Waals surface area contributed by atoms with Gasteiger partial charge in [0.1, 0.15) is 29.9 Å². The van der Waals surface area contributed by atoms with Gasteiger partial charge in [0.05, 0.1) is 54.0 Å². The van der Waals surface area contributed by atoms with E-state index in [1.165, 1.54) is 17.3 Å². The molecule has 0 unspecified atom stereocenters. The van der Waals surface area contributed by atoms with Crippen molar-refractivity contribution in [2.45, 2.75) is 68.5 Å². The molecule has 2 N–H and O–H groups in total. The number of nitrogens with zero attached hydrogens (tertiary/aromatic N) is 5. The van der Waals surface area contributed by atoms with Crippen LogP contribution in [0.25, 0.3) is 11.0 Å². The van der Waals surface area contributed by atoms with Crippen molar-refractivity contribution in [2.75, 3.05) is 77.2 Å². The molecule has 5 aromatic rings. The number of anilines is 1. The SMILES string of the molecule is CC(C)c1ccccc1[C@@H]1COCCN1C1CC2(CCN(c3ccc(C(=O)NS(=O)(=O)c4cc5c(c([N+](=O)[O-])c4)O[C@@H](CN4CCOCC4)CO5)c(Oc4cnc5[nH]ccc5c4)c3)CC2)C1. The van der Waals surface area contributed by atoms with E-state index in [1.807, 2.05) is 6.07 Å². The van der Waals surface area contributed by atoms with Gasteiger partial charge >= 0.3 is 5.69 Å². The van der Waals surface area contributed by atoms with E-state index in [2.05, 4.69) is 67.5 Å². The van der Waals surface area contributed by atoms with Crippen molar-refractivity contribution in [3.05, 3.63) is 106 Å². The fourth-order valence-corrected chi connectivity index (χ4v) is 11.4. The van der Waals surface area contributed by atoms with Crippen molar-refractivity contribution in [3.63, 3.8) is 0 Å². The summed E-state index contributed by atoms with van der Waals surface area (Å²) in [4.78, 5) is 39.7. The van der Waals surface area contributed by atoms with Gasteiger partial charge in [0.2, 0.25) is 5.75 Å². The molecule has 1 aliphatic carbocycles. The quantitative estimate of drug-likeness (QED) is 0.0981. The summed E-state index contributed by atoms with van der Waals surface area (Å²) < 4.78 is 59.7. The van der Waals surface area contributed by atoms with Crippen LogP contribution in [0.5, 0.6) is 23.0 Å². The average molecular weight is 922 g/mol. The van der Waals surface area contributed by atoms with Crippen LogP contribution in [-0.2, 0) is 19.5 Å². The maximum absolute atomic E-state index is 14.1. The van der Waals surface area contributed by atoms with Crippen LogP contribution in [-0.4, -0.2) is 123 Å². The third-order valence-electron chi connectivity index (χ3n) is 14.0. The Morgan fingerprint density at radius 3 is 2.56 bits per heavy atom. The number of sulfonamides is 1. The molecule has 2 atom stereocenters. The number of rotatable bonds is 12. The van der Waals surface area contributed by atoms with E-state index in [4.69, 9.17) is 23.7 Å². The van der Waals surface area contributed by atoms with Crippen LogP contribution in [0.4, 0.5) is 11.4 Å². The number of hydrogen-bond acceptors (Lipinski definition) is 14. The second-order valence-corrected chi connectivity index (χ2v) is 20.1. The van der Waals surface area contributed by atoms with Gasteiger partial charge in [0.25, 0.3) is 15.9 Å². The van der Waals surface area contributed by atoms with Gasteiger partial charge in [-0.25, -0.2) is 18.1 Å². The number of aromatic nitrogens is 2. The first-order chi connectivity index (χ1) is 31.9. The van der Waals surface area contributed by atoms with Crippen LogP contribution in [0.3, 0.4) is 0 Å². The summed E-state index contributed by atoms with van der Waals surface area (Å²) in [5, 5.41) is 13.1. The first kappa shape index (κ1) is 44.1. The highest BCUT2D eigenvalue weighted by Gasteiger charge is 2.50. The Hall–Kier alpha value is -5.79. The monoisotopic (exact) mass is 921 g/mol. The zero-order valence-corrected chi connectivity index (χ0v) is 38.0. The number of nitro groups is 1. The number of carbonyl (C=O) groups excluding carboxylic acids is 1. The lowest BCUT2D eigenvalue weighted by molar-refractivity contribution is -0.386. The number of morpholine rings is 2. The van der Waals surface area contributed by atoms with E-state index in [0.29, 0.717) is 62.8 Å². The van der Waals surface area contributed by atoms with E-state index in [9.17, 15) is 23.3 Å². The molecule has 10 rings (SSSR count). The lowest BCUT2D eigenvalue weighted by Gasteiger charge is -2.57. The largest absolute Gasteiger partial charge is 0.485 e. The number of nitrogens with one attached hydrogen (secondary N) is 2. The third-order valence-corrected chi connectivity index (χ3v) is 15.3. The normalized spacial score (nSPS) is 21.5. The second-order valence-electron chi connectivity index (χ2n) is 18.5. The number of carbonyl (C=O) groups is 1. The van der Waals surface area contributed by atoms with Gasteiger partial charge in [-0.15, -0.1) is 0 Å². The molecule has 66 heavy (non-hydrogen) atoms. The van der Waals surface area contributed by atoms with Crippen molar-refractivity contribution in [1.29, 1.82) is 0 Å². The fourth-order valence-electron chi connectivity index (χ4n) is 10.4. The minimum absolute atomic E-state index is 0.0508. The molecule has 3 aromatic carbocycles. The van der Waals surface area contributed by atoms with Crippen molar-refractivity contribution < 1.29 is 41.8 Å². The Morgan fingerprint density at radius 2 is 1.77 bits per heavy atom. The van der Waals surface area contributed by atoms with Crippen LogP contribution in [0.1, 0.15) is 73.0 Å². The van der Waals surface area contributed by atoms with Crippen LogP contribution >= 0.6 is 0 Å². The smallest absolute Gasteiger partial charge is 0.316 e. The Kier molecular flexibility index (Phi) is 12.1. The second kappa shape index (κ2) is 18.1. The Bertz CT molecular complexity index is 2720. The van der Waals surface area contributed by atoms with Gasteiger partial charge in [-0.05, 0) is 72.4 Å². The average Bonchev–Trinajstić information content (AvgIpc) is 3.79. The van der Waals surface area contributed by atoms with E-state index in [1.54, 1.807) is 30.5 Å². The maximum Gasteiger partial charge on any atom is 0.316 e. The summed E-state index contributed by atoms with van der Waals surface area (Å²) in [6.07, 6.45) is 7.08. The minimum atomic E-state index is -4.68. The molecule has 3 saturated heterocycles. The number of H-pyrrole nitrogens is 1. The zero-order chi connectivity index (χ0) is 45.6. The number of fused-ring (bicyclic) bond motifs is 2. The molecule has 1 amide bonds. The van der Waals surface area contributed by atoms with Gasteiger partial charge in [0, 0.05) is 80.8 Å². The van der Waals surface area contributed by atoms with Crippen LogP contribution < -0.4 is 23.8 Å². The number of benzene rings is 3. The Balaban J connectivity index is 0.854. The number of hydrogen-bond donors (Lipinski definition) is 2. The summed E-state index contributed by atoms with van der Waals surface area (Å²) in [6.45, 7) is 11.5. The van der Waals surface area contributed by atoms with Crippen LogP contribution in [0, 0.1) is 15.5 Å². The summed E-state index contributed by atoms with van der Waals surface area (Å²) in [5.41, 5.74) is 3.86. The number of amides is 1. The lowest BCUT2D eigenvalue weighted by atomic mass is 9.59. The first-order valence-electron chi connectivity index (χ1n) is 22.8. The number of piperidine rings is 1. The fraction of sp³-hybridized carbons (Fsp3) is 0.458. The van der Waals surface area contributed by atoms with Gasteiger partial charge in [-0.2, -0.15) is 0 Å². The van der Waals surface area contributed by atoms with E-state index in [-0.39, 0.29) is 40.9 Å². The molecule has 0 bridgehead atoms. The number of aromatic amines is 1. The van der Waals surface area contributed by atoms with Gasteiger partial charge in [0.15, 0.2) is 5.75 Å². The highest BCUT2D eigenvalue weighted by molar-refractivity contribution is 7.90. The van der Waals surface area contributed by atoms with Gasteiger partial charge < -0.3 is 33.6 Å². The minimum Gasteiger partial charge on any atom is -0.485 e. The molecule has 1 spiro atoms.